The Morgan fingerprint density at radius 1 is 0.731 bits per heavy atom. The van der Waals surface area contributed by atoms with Crippen LogP contribution in [0.4, 0.5) is 0 Å². The van der Waals surface area contributed by atoms with Crippen LogP contribution in [-0.4, -0.2) is 54.6 Å². The van der Waals surface area contributed by atoms with Gasteiger partial charge >= 0.3 is 0 Å². The van der Waals surface area contributed by atoms with Gasteiger partial charge in [-0.05, 0) is 55.5 Å². The average Bonchev–Trinajstić information content (AvgIpc) is 2.67. The van der Waals surface area contributed by atoms with E-state index in [0.717, 1.165) is 38.0 Å². The summed E-state index contributed by atoms with van der Waals surface area (Å²) >= 11 is 0. The smallest absolute Gasteiger partial charge is 0.119 e. The molecule has 0 fully saturated rings. The van der Waals surface area contributed by atoms with E-state index >= 15 is 0 Å². The molecule has 0 amide bonds. The molecule has 0 heterocycles. The molecule has 2 N–H and O–H groups in total. The monoisotopic (exact) mass is 357 g/mol. The third kappa shape index (κ3) is 8.00. The summed E-state index contributed by atoms with van der Waals surface area (Å²) in [5.41, 5.74) is 2.65. The summed E-state index contributed by atoms with van der Waals surface area (Å²) < 4.78 is 5.88. The number of rotatable bonds is 13. The van der Waals surface area contributed by atoms with E-state index in [0.29, 0.717) is 19.7 Å². The molecule has 2 aromatic rings. The molecule has 26 heavy (non-hydrogen) atoms. The molecule has 0 spiro atoms. The van der Waals surface area contributed by atoms with Gasteiger partial charge in [0.25, 0.3) is 0 Å². The van der Waals surface area contributed by atoms with E-state index in [1.54, 1.807) is 0 Å². The van der Waals surface area contributed by atoms with Crippen molar-refractivity contribution in [3.05, 3.63) is 65.7 Å². The Morgan fingerprint density at radius 3 is 2.15 bits per heavy atom. The molecule has 0 radical (unpaired) electrons. The van der Waals surface area contributed by atoms with Crippen molar-refractivity contribution in [1.82, 2.24) is 4.90 Å². The van der Waals surface area contributed by atoms with Gasteiger partial charge in [-0.3, -0.25) is 4.90 Å². The molecule has 2 rings (SSSR count). The number of unbranched alkanes of at least 4 members (excludes halogenated alkanes) is 1. The van der Waals surface area contributed by atoms with Crippen LogP contribution in [0.1, 0.15) is 24.0 Å². The van der Waals surface area contributed by atoms with E-state index in [1.165, 1.54) is 11.1 Å². The molecule has 0 aromatic heterocycles. The van der Waals surface area contributed by atoms with E-state index < -0.39 is 0 Å². The number of aliphatic hydroxyl groups is 2. The van der Waals surface area contributed by atoms with Crippen molar-refractivity contribution in [2.75, 3.05) is 39.5 Å². The van der Waals surface area contributed by atoms with Crippen molar-refractivity contribution in [2.45, 2.75) is 25.7 Å². The molecule has 0 saturated carbocycles. The highest BCUT2D eigenvalue weighted by atomic mass is 16.5. The fourth-order valence-electron chi connectivity index (χ4n) is 2.97. The van der Waals surface area contributed by atoms with Gasteiger partial charge in [-0.25, -0.2) is 0 Å². The van der Waals surface area contributed by atoms with Gasteiger partial charge in [0.2, 0.25) is 0 Å². The first-order valence-corrected chi connectivity index (χ1v) is 9.51. The largest absolute Gasteiger partial charge is 0.494 e. The van der Waals surface area contributed by atoms with Crippen LogP contribution < -0.4 is 4.74 Å². The van der Waals surface area contributed by atoms with Gasteiger partial charge in [-0.1, -0.05) is 42.5 Å². The second-order valence-electron chi connectivity index (χ2n) is 6.48. The summed E-state index contributed by atoms with van der Waals surface area (Å²) in [4.78, 5) is 2.07. The zero-order valence-electron chi connectivity index (χ0n) is 15.5. The minimum Gasteiger partial charge on any atom is -0.494 e. The van der Waals surface area contributed by atoms with Crippen LogP contribution in [0.5, 0.6) is 5.75 Å². The fourth-order valence-corrected chi connectivity index (χ4v) is 2.97. The molecule has 0 unspecified atom stereocenters. The minimum absolute atomic E-state index is 0.131. The molecule has 0 saturated heterocycles. The molecular formula is C22H31NO3. The number of benzene rings is 2. The second kappa shape index (κ2) is 12.5. The van der Waals surface area contributed by atoms with Crippen molar-refractivity contribution in [3.63, 3.8) is 0 Å². The van der Waals surface area contributed by atoms with E-state index in [2.05, 4.69) is 47.4 Å². The first-order chi connectivity index (χ1) is 12.8. The van der Waals surface area contributed by atoms with Gasteiger partial charge in [0, 0.05) is 13.1 Å². The number of ether oxygens (including phenoxy) is 1. The molecule has 0 bridgehead atoms. The van der Waals surface area contributed by atoms with Crippen LogP contribution in [0.3, 0.4) is 0 Å². The first kappa shape index (κ1) is 20.4. The number of hydrogen-bond donors (Lipinski definition) is 2. The van der Waals surface area contributed by atoms with Gasteiger partial charge in [-0.15, -0.1) is 0 Å². The maximum atomic E-state index is 9.01. The predicted octanol–water partition coefficient (Wildman–Crippen LogP) is 2.92. The molecule has 0 aliphatic rings. The lowest BCUT2D eigenvalue weighted by Crippen LogP contribution is -2.31. The van der Waals surface area contributed by atoms with Crippen LogP contribution >= 0.6 is 0 Å². The number of hydrogen-bond acceptors (Lipinski definition) is 4. The van der Waals surface area contributed by atoms with Crippen LogP contribution in [0.2, 0.25) is 0 Å². The highest BCUT2D eigenvalue weighted by Crippen LogP contribution is 2.16. The lowest BCUT2D eigenvalue weighted by atomic mass is 10.0. The van der Waals surface area contributed by atoms with Gasteiger partial charge in [0.05, 0.1) is 19.8 Å². The van der Waals surface area contributed by atoms with Crippen LogP contribution in [0, 0.1) is 0 Å². The van der Waals surface area contributed by atoms with E-state index in [1.807, 2.05) is 12.1 Å². The second-order valence-corrected chi connectivity index (χ2v) is 6.48. The quantitative estimate of drug-likeness (QED) is 0.541. The Morgan fingerprint density at radius 2 is 1.42 bits per heavy atom. The minimum atomic E-state index is 0.131. The Bertz CT molecular complexity index is 597. The summed E-state index contributed by atoms with van der Waals surface area (Å²) in [6, 6.07) is 18.9. The summed E-state index contributed by atoms with van der Waals surface area (Å²) in [7, 11) is 0. The zero-order chi connectivity index (χ0) is 18.5. The van der Waals surface area contributed by atoms with Crippen LogP contribution in [0.15, 0.2) is 54.6 Å². The summed E-state index contributed by atoms with van der Waals surface area (Å²) in [5.74, 6) is 0.929. The van der Waals surface area contributed by atoms with Crippen molar-refractivity contribution in [2.24, 2.45) is 0 Å². The molecule has 0 atom stereocenters. The van der Waals surface area contributed by atoms with Crippen molar-refractivity contribution in [1.29, 1.82) is 0 Å². The maximum Gasteiger partial charge on any atom is 0.119 e. The third-order valence-electron chi connectivity index (χ3n) is 4.41. The van der Waals surface area contributed by atoms with E-state index in [-0.39, 0.29) is 13.2 Å². The summed E-state index contributed by atoms with van der Waals surface area (Å²) in [5, 5.41) is 18.0. The molecule has 4 heteroatoms. The summed E-state index contributed by atoms with van der Waals surface area (Å²) in [6.07, 6.45) is 4.00. The Labute approximate surface area is 157 Å². The first-order valence-electron chi connectivity index (χ1n) is 9.51. The lowest BCUT2D eigenvalue weighted by molar-refractivity contribution is 0.157. The van der Waals surface area contributed by atoms with Crippen molar-refractivity contribution < 1.29 is 14.9 Å². The van der Waals surface area contributed by atoms with Crippen molar-refractivity contribution in [3.8, 4) is 5.75 Å². The number of aliphatic hydroxyl groups excluding tert-OH is 2. The molecule has 0 aliphatic carbocycles. The van der Waals surface area contributed by atoms with Crippen LogP contribution in [0.25, 0.3) is 0 Å². The third-order valence-corrected chi connectivity index (χ3v) is 4.41. The predicted molar refractivity (Wildman–Crippen MR) is 106 cm³/mol. The Balaban J connectivity index is 1.68. The van der Waals surface area contributed by atoms with E-state index in [9.17, 15) is 0 Å². The van der Waals surface area contributed by atoms with Gasteiger partial charge in [0.15, 0.2) is 0 Å². The van der Waals surface area contributed by atoms with Gasteiger partial charge in [0.1, 0.15) is 5.75 Å². The van der Waals surface area contributed by atoms with E-state index in [4.69, 9.17) is 14.9 Å². The lowest BCUT2D eigenvalue weighted by Gasteiger charge is -2.19. The van der Waals surface area contributed by atoms with Crippen LogP contribution in [-0.2, 0) is 12.8 Å². The highest BCUT2D eigenvalue weighted by molar-refractivity contribution is 5.29. The molecule has 0 aliphatic heterocycles. The topological polar surface area (TPSA) is 52.9 Å². The molecular weight excluding hydrogens is 326 g/mol. The zero-order valence-corrected chi connectivity index (χ0v) is 15.5. The molecule has 142 valence electrons. The van der Waals surface area contributed by atoms with Crippen molar-refractivity contribution >= 4 is 0 Å². The molecule has 2 aromatic carbocycles. The SMILES string of the molecule is OCCN(CCO)CCCCOc1cccc(CCc2ccccc2)c1. The van der Waals surface area contributed by atoms with Gasteiger partial charge in [-0.2, -0.15) is 0 Å². The standard InChI is InChI=1S/C22H31NO3/c24-16-14-23(15-17-25)13-4-5-18-26-22-10-6-9-21(19-22)12-11-20-7-2-1-3-8-20/h1-3,6-10,19,24-25H,4-5,11-18H2. The number of nitrogens with zero attached hydrogens (tertiary/aromatic N) is 1. The molecule has 4 nitrogen and oxygen atoms in total. The van der Waals surface area contributed by atoms with Gasteiger partial charge < -0.3 is 14.9 Å². The highest BCUT2D eigenvalue weighted by Gasteiger charge is 2.03. The fraction of sp³-hybridized carbons (Fsp3) is 0.455. The average molecular weight is 357 g/mol. The Kier molecular flexibility index (Phi) is 9.80. The Hall–Kier alpha value is -1.88. The summed E-state index contributed by atoms with van der Waals surface area (Å²) in [6.45, 7) is 3.06. The maximum absolute atomic E-state index is 9.01. The number of aryl methyl sites for hydroxylation is 2. The normalized spacial score (nSPS) is 11.0.